The first-order chi connectivity index (χ1) is 9.58. The Labute approximate surface area is 135 Å². The van der Waals surface area contributed by atoms with Crippen molar-refractivity contribution in [3.05, 3.63) is 15.1 Å². The van der Waals surface area contributed by atoms with Crippen molar-refractivity contribution in [2.45, 2.75) is 45.8 Å². The van der Waals surface area contributed by atoms with Gasteiger partial charge < -0.3 is 14.8 Å². The highest BCUT2D eigenvalue weighted by Gasteiger charge is 2.32. The van der Waals surface area contributed by atoms with Crippen molar-refractivity contribution in [2.24, 2.45) is 0 Å². The predicted octanol–water partition coefficient (Wildman–Crippen LogP) is 3.32. The highest BCUT2D eigenvalue weighted by atomic mass is 127. The van der Waals surface area contributed by atoms with Crippen molar-refractivity contribution in [1.82, 2.24) is 9.97 Å². The molecule has 0 spiro atoms. The van der Waals surface area contributed by atoms with Gasteiger partial charge in [-0.1, -0.05) is 13.8 Å². The molecule has 1 heterocycles. The standard InChI is InChI=1S/C14H24IN3O2/c1-6-14(7-2,20-5)13-17-10(9-19-4)11(15)12(18-13)16-8-3/h6-9H2,1-5H3,(H,16,17,18). The van der Waals surface area contributed by atoms with Crippen molar-refractivity contribution in [3.63, 3.8) is 0 Å². The Morgan fingerprint density at radius 1 is 1.15 bits per heavy atom. The van der Waals surface area contributed by atoms with Gasteiger partial charge in [0.25, 0.3) is 0 Å². The van der Waals surface area contributed by atoms with Crippen molar-refractivity contribution in [3.8, 4) is 0 Å². The van der Waals surface area contributed by atoms with E-state index >= 15 is 0 Å². The smallest absolute Gasteiger partial charge is 0.162 e. The summed E-state index contributed by atoms with van der Waals surface area (Å²) in [5.74, 6) is 1.59. The first-order valence-corrected chi connectivity index (χ1v) is 8.01. The monoisotopic (exact) mass is 393 g/mol. The number of halogens is 1. The third kappa shape index (κ3) is 3.59. The molecule has 0 aliphatic rings. The molecule has 0 aromatic carbocycles. The third-order valence-electron chi connectivity index (χ3n) is 3.49. The van der Waals surface area contributed by atoms with Gasteiger partial charge in [-0.25, -0.2) is 9.97 Å². The largest absolute Gasteiger partial charge is 0.378 e. The Morgan fingerprint density at radius 2 is 1.80 bits per heavy atom. The Bertz CT molecular complexity index is 401. The minimum atomic E-state index is -0.434. The van der Waals surface area contributed by atoms with Crippen LogP contribution in [0.15, 0.2) is 0 Å². The summed E-state index contributed by atoms with van der Waals surface area (Å²) in [4.78, 5) is 9.36. The average molecular weight is 393 g/mol. The van der Waals surface area contributed by atoms with E-state index in [1.807, 2.05) is 0 Å². The zero-order chi connectivity index (χ0) is 15.2. The Hall–Kier alpha value is -0.470. The van der Waals surface area contributed by atoms with Gasteiger partial charge in [0.15, 0.2) is 5.82 Å². The fourth-order valence-corrected chi connectivity index (χ4v) is 2.75. The molecule has 6 heteroatoms. The van der Waals surface area contributed by atoms with Crippen LogP contribution in [-0.2, 0) is 21.7 Å². The minimum Gasteiger partial charge on any atom is -0.378 e. The van der Waals surface area contributed by atoms with Gasteiger partial charge in [0.2, 0.25) is 0 Å². The number of nitrogens with zero attached hydrogens (tertiary/aromatic N) is 2. The summed E-state index contributed by atoms with van der Waals surface area (Å²) in [5, 5.41) is 3.29. The summed E-state index contributed by atoms with van der Waals surface area (Å²) >= 11 is 2.26. The Kier molecular flexibility index (Phi) is 7.11. The summed E-state index contributed by atoms with van der Waals surface area (Å²) < 4.78 is 12.0. The number of rotatable bonds is 8. The van der Waals surface area contributed by atoms with Crippen LogP contribution in [0, 0.1) is 3.57 Å². The molecular formula is C14H24IN3O2. The Morgan fingerprint density at radius 3 is 2.25 bits per heavy atom. The van der Waals surface area contributed by atoms with Crippen molar-refractivity contribution in [1.29, 1.82) is 0 Å². The third-order valence-corrected chi connectivity index (χ3v) is 4.62. The van der Waals surface area contributed by atoms with Gasteiger partial charge in [0.1, 0.15) is 11.4 Å². The lowest BCUT2D eigenvalue weighted by molar-refractivity contribution is -0.0294. The fourth-order valence-electron chi connectivity index (χ4n) is 2.16. The molecule has 0 bridgehead atoms. The lowest BCUT2D eigenvalue weighted by atomic mass is 9.96. The lowest BCUT2D eigenvalue weighted by Gasteiger charge is -2.29. The summed E-state index contributed by atoms with van der Waals surface area (Å²) in [6.07, 6.45) is 1.66. The van der Waals surface area contributed by atoms with Gasteiger partial charge in [-0.15, -0.1) is 0 Å². The van der Waals surface area contributed by atoms with E-state index in [-0.39, 0.29) is 0 Å². The molecule has 0 unspecified atom stereocenters. The fraction of sp³-hybridized carbons (Fsp3) is 0.714. The second-order valence-corrected chi connectivity index (χ2v) is 5.60. The zero-order valence-electron chi connectivity index (χ0n) is 12.9. The second kappa shape index (κ2) is 8.09. The van der Waals surface area contributed by atoms with Gasteiger partial charge in [0, 0.05) is 20.8 Å². The van der Waals surface area contributed by atoms with Crippen LogP contribution >= 0.6 is 22.6 Å². The number of aromatic nitrogens is 2. The molecule has 1 aromatic rings. The number of hydrogen-bond donors (Lipinski definition) is 1. The average Bonchev–Trinajstić information content (AvgIpc) is 2.46. The summed E-state index contributed by atoms with van der Waals surface area (Å²) in [6, 6.07) is 0. The summed E-state index contributed by atoms with van der Waals surface area (Å²) in [6.45, 7) is 7.53. The van der Waals surface area contributed by atoms with E-state index in [0.717, 1.165) is 40.3 Å². The molecule has 5 nitrogen and oxygen atoms in total. The van der Waals surface area contributed by atoms with Gasteiger partial charge in [0.05, 0.1) is 15.9 Å². The summed E-state index contributed by atoms with van der Waals surface area (Å²) in [5.41, 5.74) is 0.467. The van der Waals surface area contributed by atoms with Crippen LogP contribution in [-0.4, -0.2) is 30.7 Å². The van der Waals surface area contributed by atoms with Crippen molar-refractivity contribution >= 4 is 28.4 Å². The van der Waals surface area contributed by atoms with Crippen molar-refractivity contribution < 1.29 is 9.47 Å². The summed E-state index contributed by atoms with van der Waals surface area (Å²) in [7, 11) is 3.39. The van der Waals surface area contributed by atoms with Crippen LogP contribution in [0.2, 0.25) is 0 Å². The van der Waals surface area contributed by atoms with Gasteiger partial charge >= 0.3 is 0 Å². The molecule has 0 fully saturated rings. The number of hydrogen-bond acceptors (Lipinski definition) is 5. The van der Waals surface area contributed by atoms with Gasteiger partial charge in [-0.2, -0.15) is 0 Å². The predicted molar refractivity (Wildman–Crippen MR) is 88.9 cm³/mol. The number of nitrogens with one attached hydrogen (secondary N) is 1. The van der Waals surface area contributed by atoms with Crippen LogP contribution in [0.25, 0.3) is 0 Å². The lowest BCUT2D eigenvalue weighted by Crippen LogP contribution is -2.30. The van der Waals surface area contributed by atoms with Crippen LogP contribution in [0.3, 0.4) is 0 Å². The van der Waals surface area contributed by atoms with E-state index in [1.165, 1.54) is 0 Å². The molecule has 0 saturated carbocycles. The number of anilines is 1. The molecule has 0 amide bonds. The van der Waals surface area contributed by atoms with Crippen molar-refractivity contribution in [2.75, 3.05) is 26.1 Å². The maximum absolute atomic E-state index is 5.73. The van der Waals surface area contributed by atoms with Gasteiger partial charge in [-0.05, 0) is 42.4 Å². The molecule has 114 valence electrons. The molecular weight excluding hydrogens is 369 g/mol. The van der Waals surface area contributed by atoms with Crippen LogP contribution in [0.5, 0.6) is 0 Å². The SMILES string of the molecule is CCNc1nc(C(CC)(CC)OC)nc(COC)c1I. The maximum atomic E-state index is 5.73. The number of methoxy groups -OCH3 is 2. The highest BCUT2D eigenvalue weighted by molar-refractivity contribution is 14.1. The van der Waals surface area contributed by atoms with Gasteiger partial charge in [-0.3, -0.25) is 0 Å². The normalized spacial score (nSPS) is 11.7. The first-order valence-electron chi connectivity index (χ1n) is 6.93. The van der Waals surface area contributed by atoms with E-state index in [1.54, 1.807) is 14.2 Å². The Balaban J connectivity index is 3.38. The molecule has 0 atom stereocenters. The maximum Gasteiger partial charge on any atom is 0.162 e. The quantitative estimate of drug-likeness (QED) is 0.687. The topological polar surface area (TPSA) is 56.3 Å². The van der Waals surface area contributed by atoms with E-state index in [9.17, 15) is 0 Å². The first kappa shape index (κ1) is 17.6. The van der Waals surface area contributed by atoms with Crippen LogP contribution in [0.4, 0.5) is 5.82 Å². The molecule has 0 aliphatic carbocycles. The number of ether oxygens (including phenoxy) is 2. The van der Waals surface area contributed by atoms with Crippen LogP contribution < -0.4 is 5.32 Å². The minimum absolute atomic E-state index is 0.434. The molecule has 1 aromatic heterocycles. The highest BCUT2D eigenvalue weighted by Crippen LogP contribution is 2.32. The second-order valence-electron chi connectivity index (χ2n) is 4.53. The molecule has 0 radical (unpaired) electrons. The van der Waals surface area contributed by atoms with Crippen LogP contribution in [0.1, 0.15) is 45.1 Å². The molecule has 1 N–H and O–H groups in total. The molecule has 0 aliphatic heterocycles. The van der Waals surface area contributed by atoms with E-state index in [4.69, 9.17) is 9.47 Å². The zero-order valence-corrected chi connectivity index (χ0v) is 15.1. The molecule has 1 rings (SSSR count). The van der Waals surface area contributed by atoms with E-state index in [2.05, 4.69) is 58.6 Å². The van der Waals surface area contributed by atoms with E-state index in [0.29, 0.717) is 6.61 Å². The molecule has 20 heavy (non-hydrogen) atoms. The van der Waals surface area contributed by atoms with E-state index < -0.39 is 5.60 Å². The molecule has 0 saturated heterocycles.